The minimum absolute atomic E-state index is 0.713. The highest BCUT2D eigenvalue weighted by atomic mass is 33.5. The van der Waals surface area contributed by atoms with Crippen LogP contribution in [0.25, 0.3) is 0 Å². The number of nitrogens with zero attached hydrogens (tertiary/aromatic N) is 3. The fraction of sp³-hybridized carbons (Fsp3) is 0. The molecule has 0 aliphatic rings. The van der Waals surface area contributed by atoms with Gasteiger partial charge in [0.05, 0.1) is 0 Å². The molecule has 0 amide bonds. The molecule has 1 aromatic heterocycles. The number of hydrogen-bond acceptors (Lipinski definition) is 6. The average molecular weight is 209 g/mol. The predicted molar refractivity (Wildman–Crippen MR) is 47.4 cm³/mol. The summed E-state index contributed by atoms with van der Waals surface area (Å²) < 4.78 is 1.42. The Labute approximate surface area is 76.8 Å². The molecule has 3 nitrogen and oxygen atoms in total. The van der Waals surface area contributed by atoms with Gasteiger partial charge in [0.15, 0.2) is 0 Å². The van der Waals surface area contributed by atoms with Gasteiger partial charge in [0.2, 0.25) is 6.33 Å². The lowest BCUT2D eigenvalue weighted by atomic mass is 11.1. The van der Waals surface area contributed by atoms with Gasteiger partial charge in [-0.05, 0) is 9.83 Å². The summed E-state index contributed by atoms with van der Waals surface area (Å²) in [6.45, 7) is 0. The van der Waals surface area contributed by atoms with Gasteiger partial charge in [0.1, 0.15) is 0 Å². The van der Waals surface area contributed by atoms with E-state index < -0.39 is 0 Å². The SMILES string of the molecule is [S-][n+]1cncnc1SSS. The lowest BCUT2D eigenvalue weighted by Gasteiger charge is -2.02. The molecule has 0 bridgehead atoms. The van der Waals surface area contributed by atoms with Crippen LogP contribution in [0.5, 0.6) is 0 Å². The van der Waals surface area contributed by atoms with Crippen LogP contribution in [0.4, 0.5) is 0 Å². The number of rotatable bonds is 2. The van der Waals surface area contributed by atoms with Gasteiger partial charge in [0.25, 0.3) is 11.5 Å². The zero-order valence-corrected chi connectivity index (χ0v) is 8.01. The van der Waals surface area contributed by atoms with E-state index in [0.29, 0.717) is 5.16 Å². The summed E-state index contributed by atoms with van der Waals surface area (Å²) >= 11 is 8.78. The summed E-state index contributed by atoms with van der Waals surface area (Å²) in [5.41, 5.74) is 0. The molecule has 0 atom stereocenters. The number of thiol groups is 1. The maximum Gasteiger partial charge on any atom is 0.295 e. The fourth-order valence-electron chi connectivity index (χ4n) is 0.371. The third-order valence-electron chi connectivity index (χ3n) is 0.707. The zero-order valence-electron chi connectivity index (χ0n) is 4.67. The first-order chi connectivity index (χ1) is 4.84. The van der Waals surface area contributed by atoms with Gasteiger partial charge >= 0.3 is 0 Å². The highest BCUT2D eigenvalue weighted by molar-refractivity contribution is 9.05. The van der Waals surface area contributed by atoms with Crippen LogP contribution in [0.1, 0.15) is 0 Å². The Hall–Kier alpha value is 0.280. The Morgan fingerprint density at radius 3 is 3.10 bits per heavy atom. The molecule has 0 aliphatic carbocycles. The smallest absolute Gasteiger partial charge is 0.295 e. The topological polar surface area (TPSA) is 29.7 Å². The van der Waals surface area contributed by atoms with Crippen LogP contribution in [0.2, 0.25) is 0 Å². The summed E-state index contributed by atoms with van der Waals surface area (Å²) in [5, 5.41) is 0.713. The normalized spacial score (nSPS) is 9.70. The van der Waals surface area contributed by atoms with E-state index in [1.807, 2.05) is 0 Å². The van der Waals surface area contributed by atoms with Crippen molar-refractivity contribution in [2.45, 2.75) is 5.16 Å². The Morgan fingerprint density at radius 2 is 2.50 bits per heavy atom. The van der Waals surface area contributed by atoms with Gasteiger partial charge < -0.3 is 16.8 Å². The summed E-state index contributed by atoms with van der Waals surface area (Å²) in [6.07, 6.45) is 2.98. The molecule has 1 rings (SSSR count). The number of hydrogen-bond donors (Lipinski definition) is 1. The molecule has 0 unspecified atom stereocenters. The van der Waals surface area contributed by atoms with E-state index in [1.54, 1.807) is 0 Å². The van der Waals surface area contributed by atoms with Crippen LogP contribution < -0.4 is 3.97 Å². The minimum Gasteiger partial charge on any atom is -0.595 e. The van der Waals surface area contributed by atoms with Crippen LogP contribution >= 0.6 is 32.3 Å². The minimum atomic E-state index is 0.713. The molecule has 1 aromatic rings. The molecule has 0 aliphatic heterocycles. The van der Waals surface area contributed by atoms with Crippen LogP contribution in [0.3, 0.4) is 0 Å². The second-order valence-corrected chi connectivity index (χ2v) is 4.64. The molecule has 0 saturated heterocycles. The van der Waals surface area contributed by atoms with E-state index >= 15 is 0 Å². The van der Waals surface area contributed by atoms with E-state index in [2.05, 4.69) is 21.6 Å². The van der Waals surface area contributed by atoms with Crippen LogP contribution in [0.15, 0.2) is 17.8 Å². The summed E-state index contributed by atoms with van der Waals surface area (Å²) in [4.78, 5) is 7.64. The predicted octanol–water partition coefficient (Wildman–Crippen LogP) is 0.659. The Bertz CT molecular complexity index is 217. The molecule has 0 radical (unpaired) electrons. The Morgan fingerprint density at radius 1 is 1.70 bits per heavy atom. The van der Waals surface area contributed by atoms with Crippen molar-refractivity contribution >= 4 is 45.1 Å². The van der Waals surface area contributed by atoms with Crippen molar-refractivity contribution in [1.82, 2.24) is 9.97 Å². The van der Waals surface area contributed by atoms with Crippen LogP contribution in [-0.2, 0) is 12.8 Å². The summed E-state index contributed by atoms with van der Waals surface area (Å²) in [6, 6.07) is 0. The quantitative estimate of drug-likeness (QED) is 0.334. The van der Waals surface area contributed by atoms with E-state index in [-0.39, 0.29) is 0 Å². The summed E-state index contributed by atoms with van der Waals surface area (Å²) in [7, 11) is 2.69. The molecule has 0 saturated carbocycles. The monoisotopic (exact) mass is 209 g/mol. The second kappa shape index (κ2) is 4.22. The van der Waals surface area contributed by atoms with Gasteiger partial charge in [0, 0.05) is 10.8 Å². The third-order valence-corrected chi connectivity index (χ3v) is 2.96. The molecule has 0 fully saturated rings. The molecule has 0 N–H and O–H groups in total. The van der Waals surface area contributed by atoms with Crippen LogP contribution in [0, 0.1) is 0 Å². The van der Waals surface area contributed by atoms with E-state index in [1.165, 1.54) is 37.2 Å². The first kappa shape index (κ1) is 8.38. The van der Waals surface area contributed by atoms with Gasteiger partial charge in [-0.1, -0.05) is 21.6 Å². The maximum absolute atomic E-state index is 4.84. The van der Waals surface area contributed by atoms with Crippen molar-refractivity contribution in [1.29, 1.82) is 0 Å². The van der Waals surface area contributed by atoms with Gasteiger partial charge in [-0.3, -0.25) is 0 Å². The summed E-state index contributed by atoms with van der Waals surface area (Å²) in [5.74, 6) is 0. The lowest BCUT2D eigenvalue weighted by Crippen LogP contribution is -2.30. The molecular weight excluding hydrogens is 206 g/mol. The molecule has 1 heterocycles. The molecule has 7 heteroatoms. The van der Waals surface area contributed by atoms with Crippen molar-refractivity contribution in [3.8, 4) is 0 Å². The molecule has 10 heavy (non-hydrogen) atoms. The molecule has 0 aromatic carbocycles. The van der Waals surface area contributed by atoms with Crippen molar-refractivity contribution in [3.05, 3.63) is 12.7 Å². The van der Waals surface area contributed by atoms with Crippen LogP contribution in [-0.4, -0.2) is 9.97 Å². The maximum atomic E-state index is 4.84. The zero-order chi connectivity index (χ0) is 7.40. The van der Waals surface area contributed by atoms with Gasteiger partial charge in [-0.2, -0.15) is 0 Å². The first-order valence-electron chi connectivity index (χ1n) is 2.22. The standard InChI is InChI=1S/C3H3N3S4/c7-6-2-4-1-5-3(6)9-10-8/h1-2,8H. The highest BCUT2D eigenvalue weighted by Crippen LogP contribution is 2.28. The van der Waals surface area contributed by atoms with Gasteiger partial charge in [-0.15, -0.1) is 0 Å². The lowest BCUT2D eigenvalue weighted by molar-refractivity contribution is -0.547. The van der Waals surface area contributed by atoms with E-state index in [0.717, 1.165) is 0 Å². The Balaban J connectivity index is 2.81. The average Bonchev–Trinajstić information content (AvgIpc) is 1.94. The van der Waals surface area contributed by atoms with Crippen molar-refractivity contribution in [2.24, 2.45) is 0 Å². The largest absolute Gasteiger partial charge is 0.595 e. The second-order valence-electron chi connectivity index (χ2n) is 1.28. The van der Waals surface area contributed by atoms with Crippen molar-refractivity contribution in [3.63, 3.8) is 0 Å². The molecule has 54 valence electrons. The molecular formula is C3H3N3S4. The first-order valence-corrected chi connectivity index (χ1v) is 5.78. The Kier molecular flexibility index (Phi) is 3.53. The van der Waals surface area contributed by atoms with E-state index in [9.17, 15) is 0 Å². The fourth-order valence-corrected chi connectivity index (χ4v) is 2.17. The van der Waals surface area contributed by atoms with Crippen molar-refractivity contribution in [2.75, 3.05) is 0 Å². The van der Waals surface area contributed by atoms with E-state index in [4.69, 9.17) is 12.8 Å². The molecule has 0 spiro atoms. The number of aromatic nitrogens is 3. The van der Waals surface area contributed by atoms with Crippen molar-refractivity contribution < 1.29 is 3.97 Å². The highest BCUT2D eigenvalue weighted by Gasteiger charge is 2.00. The van der Waals surface area contributed by atoms with Gasteiger partial charge in [-0.25, -0.2) is 0 Å². The third kappa shape index (κ3) is 2.15.